The van der Waals surface area contributed by atoms with Gasteiger partial charge < -0.3 is 42.1 Å². The van der Waals surface area contributed by atoms with Crippen molar-refractivity contribution in [3.63, 3.8) is 0 Å². The molecule has 6 atom stereocenters. The molecule has 0 aliphatic heterocycles. The van der Waals surface area contributed by atoms with Gasteiger partial charge in [-0.1, -0.05) is 0 Å². The number of hydrogen-bond acceptors (Lipinski definition) is 9. The van der Waals surface area contributed by atoms with Crippen LogP contribution in [0.2, 0.25) is 0 Å². The van der Waals surface area contributed by atoms with Crippen LogP contribution >= 0.6 is 11.8 Å². The molecule has 0 aromatic carbocycles. The second-order valence-corrected chi connectivity index (χ2v) is 8.16. The maximum Gasteiger partial charge on any atom is 0.328 e. The van der Waals surface area contributed by atoms with Crippen LogP contribution in [0.15, 0.2) is 0 Å². The number of aliphatic carboxylic acids is 2. The molecule has 0 aliphatic carbocycles. The number of hydrogen-bond donors (Lipinski definition) is 8. The van der Waals surface area contributed by atoms with E-state index in [1.807, 2.05) is 11.6 Å². The molecule has 0 spiro atoms. The van der Waals surface area contributed by atoms with E-state index in [4.69, 9.17) is 15.9 Å². The normalized spacial score (nSPS) is 16.6. The number of carboxylic acid groups (broad SMARTS) is 2. The van der Waals surface area contributed by atoms with Gasteiger partial charge in [0, 0.05) is 6.42 Å². The van der Waals surface area contributed by atoms with Crippen molar-refractivity contribution in [2.75, 3.05) is 12.0 Å². The molecule has 14 heteroatoms. The average Bonchev–Trinajstić information content (AvgIpc) is 2.69. The van der Waals surface area contributed by atoms with Crippen LogP contribution in [0, 0.1) is 0 Å². The van der Waals surface area contributed by atoms with Crippen molar-refractivity contribution in [1.29, 1.82) is 0 Å². The third kappa shape index (κ3) is 10.7. The standard InChI is InChI=1S/C18H32N4O9S/c1-8(23)13(17(29)22-14(9(2)24)18(30)31)21-16(28)11(4-5-12(25)26)20-15(27)10(19)6-7-32-3/h8-11,13-14,23-24H,4-7,19H2,1-3H3,(H,20,27)(H,21,28)(H,22,29)(H,25,26)(H,30,31). The first-order chi connectivity index (χ1) is 14.8. The molecule has 3 amide bonds. The molecular weight excluding hydrogens is 448 g/mol. The molecule has 0 aliphatic rings. The predicted octanol–water partition coefficient (Wildman–Crippen LogP) is -2.77. The zero-order chi connectivity index (χ0) is 25.0. The Kier molecular flexibility index (Phi) is 13.5. The summed E-state index contributed by atoms with van der Waals surface area (Å²) in [4.78, 5) is 59.4. The van der Waals surface area contributed by atoms with Crippen LogP contribution in [0.5, 0.6) is 0 Å². The molecule has 6 unspecified atom stereocenters. The maximum absolute atomic E-state index is 12.7. The summed E-state index contributed by atoms with van der Waals surface area (Å²) >= 11 is 1.46. The van der Waals surface area contributed by atoms with Crippen LogP contribution in [0.25, 0.3) is 0 Å². The SMILES string of the molecule is CSCCC(N)C(=O)NC(CCC(=O)O)C(=O)NC(C(=O)NC(C(=O)O)C(C)O)C(C)O. The number of amides is 3. The number of aliphatic hydroxyl groups is 2. The Morgan fingerprint density at radius 3 is 1.81 bits per heavy atom. The van der Waals surface area contributed by atoms with E-state index in [1.165, 1.54) is 11.8 Å². The molecule has 0 saturated heterocycles. The zero-order valence-corrected chi connectivity index (χ0v) is 18.9. The van der Waals surface area contributed by atoms with Gasteiger partial charge in [0.1, 0.15) is 12.1 Å². The minimum atomic E-state index is -1.70. The number of carboxylic acids is 2. The van der Waals surface area contributed by atoms with Crippen molar-refractivity contribution in [2.45, 2.75) is 69.5 Å². The van der Waals surface area contributed by atoms with Gasteiger partial charge in [-0.25, -0.2) is 4.79 Å². The Balaban J connectivity index is 5.43. The molecule has 184 valence electrons. The number of carbonyl (C=O) groups is 5. The van der Waals surface area contributed by atoms with Gasteiger partial charge in [-0.05, 0) is 38.7 Å². The Morgan fingerprint density at radius 2 is 1.38 bits per heavy atom. The fraction of sp³-hybridized carbons (Fsp3) is 0.722. The Hall–Kier alpha value is -2.42. The maximum atomic E-state index is 12.7. The van der Waals surface area contributed by atoms with Crippen molar-refractivity contribution < 1.29 is 44.4 Å². The molecule has 0 bridgehead atoms. The highest BCUT2D eigenvalue weighted by Gasteiger charge is 2.34. The molecule has 13 nitrogen and oxygen atoms in total. The lowest BCUT2D eigenvalue weighted by molar-refractivity contribution is -0.146. The number of rotatable bonds is 15. The topological polar surface area (TPSA) is 228 Å². The van der Waals surface area contributed by atoms with E-state index in [1.54, 1.807) is 0 Å². The molecule has 9 N–H and O–H groups in total. The Morgan fingerprint density at radius 1 is 0.844 bits per heavy atom. The Bertz CT molecular complexity index is 675. The summed E-state index contributed by atoms with van der Waals surface area (Å²) in [6, 6.07) is -5.66. The summed E-state index contributed by atoms with van der Waals surface area (Å²) < 4.78 is 0. The lowest BCUT2D eigenvalue weighted by atomic mass is 10.1. The van der Waals surface area contributed by atoms with Crippen molar-refractivity contribution in [3.8, 4) is 0 Å². The highest BCUT2D eigenvalue weighted by molar-refractivity contribution is 7.98. The molecule has 0 aromatic rings. The van der Waals surface area contributed by atoms with Gasteiger partial charge in [-0.15, -0.1) is 0 Å². The molecule has 0 heterocycles. The quantitative estimate of drug-likeness (QED) is 0.120. The summed E-state index contributed by atoms with van der Waals surface area (Å²) in [5, 5.41) is 43.9. The highest BCUT2D eigenvalue weighted by atomic mass is 32.2. The minimum absolute atomic E-state index is 0.314. The lowest BCUT2D eigenvalue weighted by Gasteiger charge is -2.27. The zero-order valence-electron chi connectivity index (χ0n) is 18.1. The van der Waals surface area contributed by atoms with E-state index in [9.17, 15) is 34.2 Å². The molecule has 0 saturated carbocycles. The molecule has 0 radical (unpaired) electrons. The average molecular weight is 481 g/mol. The first-order valence-corrected chi connectivity index (χ1v) is 11.2. The second kappa shape index (κ2) is 14.6. The van der Waals surface area contributed by atoms with Crippen LogP contribution in [-0.2, 0) is 24.0 Å². The van der Waals surface area contributed by atoms with E-state index in [0.29, 0.717) is 12.2 Å². The molecule has 32 heavy (non-hydrogen) atoms. The van der Waals surface area contributed by atoms with E-state index < -0.39 is 72.5 Å². The molecule has 0 aromatic heterocycles. The van der Waals surface area contributed by atoms with Crippen molar-refractivity contribution >= 4 is 41.4 Å². The molecule has 0 fully saturated rings. The summed E-state index contributed by atoms with van der Waals surface area (Å²) in [5.74, 6) is -4.94. The van der Waals surface area contributed by atoms with Crippen LogP contribution in [0.4, 0.5) is 0 Å². The lowest BCUT2D eigenvalue weighted by Crippen LogP contribution is -2.60. The first-order valence-electron chi connectivity index (χ1n) is 9.78. The number of nitrogens with two attached hydrogens (primary N) is 1. The smallest absolute Gasteiger partial charge is 0.328 e. The summed E-state index contributed by atoms with van der Waals surface area (Å²) in [5.41, 5.74) is 5.76. The van der Waals surface area contributed by atoms with Gasteiger partial charge in [0.2, 0.25) is 17.7 Å². The first kappa shape index (κ1) is 29.6. The number of carbonyl (C=O) groups excluding carboxylic acids is 3. The van der Waals surface area contributed by atoms with E-state index in [-0.39, 0.29) is 6.42 Å². The van der Waals surface area contributed by atoms with Gasteiger partial charge in [-0.2, -0.15) is 11.8 Å². The number of aliphatic hydroxyl groups excluding tert-OH is 2. The summed E-state index contributed by atoms with van der Waals surface area (Å²) in [6.45, 7) is 2.29. The third-order valence-electron chi connectivity index (χ3n) is 4.36. The largest absolute Gasteiger partial charge is 0.481 e. The van der Waals surface area contributed by atoms with Gasteiger partial charge in [0.05, 0.1) is 18.2 Å². The minimum Gasteiger partial charge on any atom is -0.481 e. The van der Waals surface area contributed by atoms with Crippen LogP contribution in [-0.4, -0.2) is 98.5 Å². The van der Waals surface area contributed by atoms with Gasteiger partial charge >= 0.3 is 11.9 Å². The van der Waals surface area contributed by atoms with Crippen LogP contribution < -0.4 is 21.7 Å². The molecule has 0 rings (SSSR count). The van der Waals surface area contributed by atoms with Crippen molar-refractivity contribution in [1.82, 2.24) is 16.0 Å². The van der Waals surface area contributed by atoms with Gasteiger partial charge in [0.15, 0.2) is 6.04 Å². The fourth-order valence-corrected chi connectivity index (χ4v) is 2.97. The van der Waals surface area contributed by atoms with E-state index in [0.717, 1.165) is 13.8 Å². The fourth-order valence-electron chi connectivity index (χ4n) is 2.48. The van der Waals surface area contributed by atoms with E-state index in [2.05, 4.69) is 10.6 Å². The van der Waals surface area contributed by atoms with Crippen LogP contribution in [0.1, 0.15) is 33.1 Å². The van der Waals surface area contributed by atoms with E-state index >= 15 is 0 Å². The monoisotopic (exact) mass is 480 g/mol. The van der Waals surface area contributed by atoms with Crippen molar-refractivity contribution in [3.05, 3.63) is 0 Å². The summed E-state index contributed by atoms with van der Waals surface area (Å²) in [6.07, 6.45) is -1.61. The third-order valence-corrected chi connectivity index (χ3v) is 5.00. The van der Waals surface area contributed by atoms with Gasteiger partial charge in [0.25, 0.3) is 0 Å². The van der Waals surface area contributed by atoms with Gasteiger partial charge in [-0.3, -0.25) is 19.2 Å². The van der Waals surface area contributed by atoms with Crippen molar-refractivity contribution in [2.24, 2.45) is 5.73 Å². The number of nitrogens with one attached hydrogen (secondary N) is 3. The summed E-state index contributed by atoms with van der Waals surface area (Å²) in [7, 11) is 0. The van der Waals surface area contributed by atoms with Crippen LogP contribution in [0.3, 0.4) is 0 Å². The second-order valence-electron chi connectivity index (χ2n) is 7.17. The number of thioether (sulfide) groups is 1. The molecular formula is C18H32N4O9S. The Labute approximate surface area is 189 Å². The predicted molar refractivity (Wildman–Crippen MR) is 115 cm³/mol. The highest BCUT2D eigenvalue weighted by Crippen LogP contribution is 2.05.